The molecule has 0 atom stereocenters. The lowest BCUT2D eigenvalue weighted by Gasteiger charge is -2.33. The van der Waals surface area contributed by atoms with Crippen molar-refractivity contribution in [3.63, 3.8) is 0 Å². The van der Waals surface area contributed by atoms with Gasteiger partial charge in [0.15, 0.2) is 5.78 Å². The van der Waals surface area contributed by atoms with Gasteiger partial charge in [0.25, 0.3) is 0 Å². The fourth-order valence-electron chi connectivity index (χ4n) is 2.94. The number of nitrogens with zero attached hydrogens (tertiary/aromatic N) is 2. The second kappa shape index (κ2) is 7.70. The lowest BCUT2D eigenvalue weighted by atomic mass is 10.2. The smallest absolute Gasteiger partial charge is 0.243 e. The third kappa shape index (κ3) is 4.00. The molecule has 2 aromatic carbocycles. The molecular weight excluding hydrogens is 407 g/mol. The Kier molecular flexibility index (Phi) is 5.67. The average molecular weight is 426 g/mol. The molecule has 0 amide bonds. The molecule has 10 heteroatoms. The molecule has 2 aromatic rings. The first-order valence-electron chi connectivity index (χ1n) is 8.49. The van der Waals surface area contributed by atoms with Gasteiger partial charge in [-0.05, 0) is 37.3 Å². The van der Waals surface area contributed by atoms with E-state index in [1.54, 1.807) is 0 Å². The molecule has 1 saturated heterocycles. The van der Waals surface area contributed by atoms with E-state index in [2.05, 4.69) is 0 Å². The normalized spacial score (nSPS) is 16.8. The van der Waals surface area contributed by atoms with Gasteiger partial charge < -0.3 is 0 Å². The van der Waals surface area contributed by atoms with Crippen LogP contribution in [0.4, 0.5) is 4.39 Å². The topological polar surface area (TPSA) is 91.8 Å². The van der Waals surface area contributed by atoms with Crippen molar-refractivity contribution < 1.29 is 26.0 Å². The minimum absolute atomic E-state index is 0.0225. The number of rotatable bonds is 5. The number of benzene rings is 2. The van der Waals surface area contributed by atoms with Gasteiger partial charge in [0.05, 0.1) is 9.79 Å². The second-order valence-corrected chi connectivity index (χ2v) is 10.2. The van der Waals surface area contributed by atoms with Crippen LogP contribution >= 0.6 is 0 Å². The van der Waals surface area contributed by atoms with Crippen molar-refractivity contribution in [2.45, 2.75) is 16.7 Å². The molecule has 0 aromatic heterocycles. The number of carbonyl (C=O) groups excluding carboxylic acids is 1. The van der Waals surface area contributed by atoms with Crippen LogP contribution in [0.25, 0.3) is 0 Å². The molecule has 150 valence electrons. The third-order valence-corrected chi connectivity index (χ3v) is 8.34. The van der Waals surface area contributed by atoms with Gasteiger partial charge in [0.2, 0.25) is 20.0 Å². The number of carbonyl (C=O) groups is 1. The van der Waals surface area contributed by atoms with Crippen LogP contribution in [0, 0.1) is 5.82 Å². The van der Waals surface area contributed by atoms with E-state index in [1.165, 1.54) is 47.6 Å². The van der Waals surface area contributed by atoms with Gasteiger partial charge >= 0.3 is 0 Å². The number of hydrogen-bond acceptors (Lipinski definition) is 5. The molecule has 0 N–H and O–H groups in total. The Labute approximate surface area is 163 Å². The van der Waals surface area contributed by atoms with E-state index < -0.39 is 25.9 Å². The quantitative estimate of drug-likeness (QED) is 0.679. The molecule has 28 heavy (non-hydrogen) atoms. The maximum Gasteiger partial charge on any atom is 0.243 e. The first kappa shape index (κ1) is 20.6. The zero-order chi connectivity index (χ0) is 20.5. The Morgan fingerprint density at radius 1 is 0.821 bits per heavy atom. The fraction of sp³-hybridized carbons (Fsp3) is 0.278. The summed E-state index contributed by atoms with van der Waals surface area (Å²) in [6, 6.07) is 10.3. The van der Waals surface area contributed by atoms with Gasteiger partial charge in [0.1, 0.15) is 5.82 Å². The van der Waals surface area contributed by atoms with E-state index in [-0.39, 0.29) is 41.8 Å². The Hall–Kier alpha value is -2.14. The molecule has 0 radical (unpaired) electrons. The summed E-state index contributed by atoms with van der Waals surface area (Å²) in [7, 11) is -7.70. The number of sulfonamides is 2. The zero-order valence-corrected chi connectivity index (χ0v) is 16.7. The van der Waals surface area contributed by atoms with Crippen molar-refractivity contribution in [1.29, 1.82) is 0 Å². The molecule has 3 rings (SSSR count). The van der Waals surface area contributed by atoms with E-state index in [1.807, 2.05) is 0 Å². The van der Waals surface area contributed by atoms with Gasteiger partial charge in [0, 0.05) is 31.7 Å². The number of Topliss-reactive ketones (excluding diaryl/α,β-unsaturated/α-hetero) is 1. The Morgan fingerprint density at radius 2 is 1.32 bits per heavy atom. The van der Waals surface area contributed by atoms with Crippen LogP contribution in [0.1, 0.15) is 17.3 Å². The maximum absolute atomic E-state index is 13.4. The van der Waals surface area contributed by atoms with Gasteiger partial charge in [-0.2, -0.15) is 8.61 Å². The van der Waals surface area contributed by atoms with Crippen LogP contribution in [-0.4, -0.2) is 57.4 Å². The van der Waals surface area contributed by atoms with E-state index in [0.717, 1.165) is 16.4 Å². The molecule has 0 aliphatic carbocycles. The maximum atomic E-state index is 13.4. The molecule has 1 aliphatic heterocycles. The van der Waals surface area contributed by atoms with Crippen molar-refractivity contribution in [3.05, 3.63) is 59.9 Å². The lowest BCUT2D eigenvalue weighted by Crippen LogP contribution is -2.50. The summed E-state index contributed by atoms with van der Waals surface area (Å²) in [6.07, 6.45) is 0. The summed E-state index contributed by atoms with van der Waals surface area (Å²) in [5.41, 5.74) is 0.407. The van der Waals surface area contributed by atoms with Crippen LogP contribution < -0.4 is 0 Å². The van der Waals surface area contributed by atoms with Crippen LogP contribution in [0.3, 0.4) is 0 Å². The minimum Gasteiger partial charge on any atom is -0.295 e. The fourth-order valence-corrected chi connectivity index (χ4v) is 5.81. The summed E-state index contributed by atoms with van der Waals surface area (Å²) in [4.78, 5) is 11.2. The Morgan fingerprint density at radius 3 is 1.79 bits per heavy atom. The van der Waals surface area contributed by atoms with Gasteiger partial charge in [-0.25, -0.2) is 21.2 Å². The van der Waals surface area contributed by atoms with E-state index in [9.17, 15) is 26.0 Å². The first-order chi connectivity index (χ1) is 13.1. The van der Waals surface area contributed by atoms with Gasteiger partial charge in [-0.15, -0.1) is 0 Å². The zero-order valence-electron chi connectivity index (χ0n) is 15.1. The predicted molar refractivity (Wildman–Crippen MR) is 100 cm³/mol. The highest BCUT2D eigenvalue weighted by Gasteiger charge is 2.33. The standard InChI is InChI=1S/C18H19FN2O5S2/c1-14(22)15-5-7-17(8-6-15)27(23,24)20-9-11-21(12-10-20)28(25,26)18-4-2-3-16(19)13-18/h2-8,13H,9-12H2,1H3. The molecule has 1 aliphatic rings. The van der Waals surface area contributed by atoms with Gasteiger partial charge in [-0.3, -0.25) is 4.79 Å². The van der Waals surface area contributed by atoms with Gasteiger partial charge in [-0.1, -0.05) is 18.2 Å². The third-order valence-electron chi connectivity index (χ3n) is 4.53. The summed E-state index contributed by atoms with van der Waals surface area (Å²) in [5, 5.41) is 0. The van der Waals surface area contributed by atoms with E-state index in [0.29, 0.717) is 5.56 Å². The first-order valence-corrected chi connectivity index (χ1v) is 11.4. The minimum atomic E-state index is -3.90. The molecule has 0 spiro atoms. The van der Waals surface area contributed by atoms with Crippen LogP contribution in [0.5, 0.6) is 0 Å². The monoisotopic (exact) mass is 426 g/mol. The summed E-state index contributed by atoms with van der Waals surface area (Å²) in [5.74, 6) is -0.823. The lowest BCUT2D eigenvalue weighted by molar-refractivity contribution is 0.101. The summed E-state index contributed by atoms with van der Waals surface area (Å²) < 4.78 is 66.5. The summed E-state index contributed by atoms with van der Waals surface area (Å²) in [6.45, 7) is 1.27. The molecular formula is C18H19FN2O5S2. The van der Waals surface area contributed by atoms with Crippen LogP contribution in [0.2, 0.25) is 0 Å². The molecule has 0 saturated carbocycles. The van der Waals surface area contributed by atoms with Crippen molar-refractivity contribution in [2.24, 2.45) is 0 Å². The highest BCUT2D eigenvalue weighted by atomic mass is 32.2. The molecule has 0 bridgehead atoms. The van der Waals surface area contributed by atoms with Crippen molar-refractivity contribution in [2.75, 3.05) is 26.2 Å². The van der Waals surface area contributed by atoms with Crippen molar-refractivity contribution in [3.8, 4) is 0 Å². The average Bonchev–Trinajstić information content (AvgIpc) is 2.68. The van der Waals surface area contributed by atoms with E-state index >= 15 is 0 Å². The Balaban J connectivity index is 1.75. The number of halogens is 1. The van der Waals surface area contributed by atoms with E-state index in [4.69, 9.17) is 0 Å². The van der Waals surface area contributed by atoms with Crippen molar-refractivity contribution in [1.82, 2.24) is 8.61 Å². The Bertz CT molecular complexity index is 1090. The van der Waals surface area contributed by atoms with Crippen molar-refractivity contribution >= 4 is 25.8 Å². The molecule has 0 unspecified atom stereocenters. The molecule has 7 nitrogen and oxygen atoms in total. The highest BCUT2D eigenvalue weighted by molar-refractivity contribution is 7.89. The largest absolute Gasteiger partial charge is 0.295 e. The molecule has 1 fully saturated rings. The predicted octanol–water partition coefficient (Wildman–Crippen LogP) is 1.72. The SMILES string of the molecule is CC(=O)c1ccc(S(=O)(=O)N2CCN(S(=O)(=O)c3cccc(F)c3)CC2)cc1. The van der Waals surface area contributed by atoms with Crippen LogP contribution in [0.15, 0.2) is 58.3 Å². The molecule has 1 heterocycles. The van der Waals surface area contributed by atoms with Crippen LogP contribution in [-0.2, 0) is 20.0 Å². The number of piperazine rings is 1. The highest BCUT2D eigenvalue weighted by Crippen LogP contribution is 2.22. The number of hydrogen-bond donors (Lipinski definition) is 0. The second-order valence-electron chi connectivity index (χ2n) is 6.35. The number of ketones is 1. The summed E-state index contributed by atoms with van der Waals surface area (Å²) >= 11 is 0.